The van der Waals surface area contributed by atoms with Gasteiger partial charge in [0.2, 0.25) is 0 Å². The summed E-state index contributed by atoms with van der Waals surface area (Å²) >= 11 is 0. The normalized spacial score (nSPS) is 36.2. The Morgan fingerprint density at radius 3 is 2.52 bits per heavy atom. The Morgan fingerprint density at radius 2 is 1.86 bits per heavy atom. The van der Waals surface area contributed by atoms with Gasteiger partial charge in [0.1, 0.15) is 0 Å². The van der Waals surface area contributed by atoms with Crippen molar-refractivity contribution >= 4 is 0 Å². The van der Waals surface area contributed by atoms with Crippen molar-refractivity contribution in [1.82, 2.24) is 10.2 Å². The average molecular weight is 290 g/mol. The minimum atomic E-state index is 0.737. The third-order valence-corrected chi connectivity index (χ3v) is 6.12. The monoisotopic (exact) mass is 290 g/mol. The van der Waals surface area contributed by atoms with E-state index in [0.29, 0.717) is 0 Å². The molecule has 1 N–H and O–H groups in total. The first-order chi connectivity index (χ1) is 10.3. The summed E-state index contributed by atoms with van der Waals surface area (Å²) in [5, 5.41) is 3.93. The van der Waals surface area contributed by atoms with Crippen molar-refractivity contribution in [2.24, 2.45) is 11.8 Å². The van der Waals surface area contributed by atoms with Gasteiger partial charge in [-0.15, -0.1) is 0 Å². The Balaban J connectivity index is 1.67. The lowest BCUT2D eigenvalue weighted by Gasteiger charge is -2.49. The minimum absolute atomic E-state index is 0.737. The molecule has 120 valence electrons. The average Bonchev–Trinajstić information content (AvgIpc) is 2.56. The number of rotatable bonds is 3. The van der Waals surface area contributed by atoms with Crippen LogP contribution in [0.4, 0.5) is 0 Å². The van der Waals surface area contributed by atoms with Crippen molar-refractivity contribution in [2.75, 3.05) is 13.1 Å². The highest BCUT2D eigenvalue weighted by Gasteiger charge is 2.37. The first-order valence-corrected chi connectivity index (χ1v) is 9.40. The zero-order chi connectivity index (χ0) is 14.7. The van der Waals surface area contributed by atoms with Gasteiger partial charge < -0.3 is 5.32 Å². The second-order valence-electron chi connectivity index (χ2n) is 7.86. The van der Waals surface area contributed by atoms with Crippen LogP contribution in [0.3, 0.4) is 0 Å². The maximum atomic E-state index is 3.93. The van der Waals surface area contributed by atoms with E-state index >= 15 is 0 Å². The van der Waals surface area contributed by atoms with Crippen LogP contribution in [0, 0.1) is 11.8 Å². The van der Waals surface area contributed by atoms with Crippen LogP contribution < -0.4 is 5.32 Å². The van der Waals surface area contributed by atoms with Gasteiger partial charge in [0.05, 0.1) is 0 Å². The van der Waals surface area contributed by atoms with Crippen molar-refractivity contribution in [3.8, 4) is 0 Å². The highest BCUT2D eigenvalue weighted by atomic mass is 15.3. The fourth-order valence-corrected chi connectivity index (χ4v) is 4.79. The third kappa shape index (κ3) is 3.71. The Morgan fingerprint density at radius 1 is 1.05 bits per heavy atom. The van der Waals surface area contributed by atoms with E-state index in [-0.39, 0.29) is 0 Å². The summed E-state index contributed by atoms with van der Waals surface area (Å²) in [4.78, 5) is 2.89. The molecule has 0 bridgehead atoms. The molecule has 0 aromatic rings. The summed E-state index contributed by atoms with van der Waals surface area (Å²) < 4.78 is 0. The smallest absolute Gasteiger partial charge is 0.0247 e. The van der Waals surface area contributed by atoms with E-state index < -0.39 is 0 Å². The fourth-order valence-electron chi connectivity index (χ4n) is 4.79. The maximum absolute atomic E-state index is 3.93. The van der Waals surface area contributed by atoms with Gasteiger partial charge in [0, 0.05) is 31.2 Å². The summed E-state index contributed by atoms with van der Waals surface area (Å²) in [7, 11) is 0. The Labute approximate surface area is 131 Å². The van der Waals surface area contributed by atoms with E-state index in [1.165, 1.54) is 64.5 Å². The van der Waals surface area contributed by atoms with Crippen LogP contribution in [0.2, 0.25) is 0 Å². The lowest BCUT2D eigenvalue weighted by atomic mass is 9.81. The largest absolute Gasteiger partial charge is 0.311 e. The molecule has 21 heavy (non-hydrogen) atoms. The zero-order valence-corrected chi connectivity index (χ0v) is 14.1. The standard InChI is InChI=1S/C19H34N2/c1-15(2)19-13-20-18(16-9-5-3-6-10-16)14-21(19)17-11-7-4-8-12-17/h4,7,15-20H,3,5-6,8-14H2,1-2H3. The van der Waals surface area contributed by atoms with E-state index in [1.807, 2.05) is 0 Å². The number of hydrogen-bond donors (Lipinski definition) is 1. The highest BCUT2D eigenvalue weighted by molar-refractivity contribution is 4.99. The first kappa shape index (κ1) is 15.6. The molecule has 2 fully saturated rings. The van der Waals surface area contributed by atoms with E-state index in [0.717, 1.165) is 30.0 Å². The lowest BCUT2D eigenvalue weighted by Crippen LogP contribution is -2.62. The summed E-state index contributed by atoms with van der Waals surface area (Å²) in [5.74, 6) is 1.70. The van der Waals surface area contributed by atoms with Crippen LogP contribution in [0.25, 0.3) is 0 Å². The minimum Gasteiger partial charge on any atom is -0.311 e. The van der Waals surface area contributed by atoms with E-state index in [4.69, 9.17) is 0 Å². The molecule has 3 rings (SSSR count). The Hall–Kier alpha value is -0.340. The molecule has 3 unspecified atom stereocenters. The molecular weight excluding hydrogens is 256 g/mol. The molecule has 3 aliphatic rings. The summed E-state index contributed by atoms with van der Waals surface area (Å²) in [6, 6.07) is 2.29. The molecule has 2 nitrogen and oxygen atoms in total. The van der Waals surface area contributed by atoms with Crippen LogP contribution in [0.1, 0.15) is 65.2 Å². The van der Waals surface area contributed by atoms with E-state index in [1.54, 1.807) is 0 Å². The lowest BCUT2D eigenvalue weighted by molar-refractivity contribution is 0.0330. The molecule has 1 saturated carbocycles. The van der Waals surface area contributed by atoms with Gasteiger partial charge in [-0.1, -0.05) is 45.3 Å². The first-order valence-electron chi connectivity index (χ1n) is 9.40. The fraction of sp³-hybridized carbons (Fsp3) is 0.895. The molecular formula is C19H34N2. The third-order valence-electron chi connectivity index (χ3n) is 6.12. The van der Waals surface area contributed by atoms with E-state index in [2.05, 4.69) is 36.2 Å². The number of nitrogens with one attached hydrogen (secondary N) is 1. The molecule has 1 aliphatic heterocycles. The van der Waals surface area contributed by atoms with E-state index in [9.17, 15) is 0 Å². The molecule has 0 aromatic heterocycles. The molecule has 0 aromatic carbocycles. The molecule has 2 aliphatic carbocycles. The van der Waals surface area contributed by atoms with Crippen LogP contribution in [0.5, 0.6) is 0 Å². The SMILES string of the molecule is CC(C)C1CNC(C2CCCCC2)CN1C1CC=CCC1. The van der Waals surface area contributed by atoms with Crippen LogP contribution in [0.15, 0.2) is 12.2 Å². The van der Waals surface area contributed by atoms with Gasteiger partial charge in [0.25, 0.3) is 0 Å². The number of nitrogens with zero attached hydrogens (tertiary/aromatic N) is 1. The quantitative estimate of drug-likeness (QED) is 0.791. The second-order valence-corrected chi connectivity index (χ2v) is 7.86. The maximum Gasteiger partial charge on any atom is 0.0247 e. The topological polar surface area (TPSA) is 15.3 Å². The molecule has 0 spiro atoms. The van der Waals surface area contributed by atoms with Gasteiger partial charge in [-0.3, -0.25) is 4.90 Å². The molecule has 2 heteroatoms. The predicted octanol–water partition coefficient (Wildman–Crippen LogP) is 3.97. The Bertz CT molecular complexity index is 343. The van der Waals surface area contributed by atoms with Gasteiger partial charge in [0.15, 0.2) is 0 Å². The summed E-state index contributed by atoms with van der Waals surface area (Å²) in [6.45, 7) is 7.31. The molecule has 3 atom stereocenters. The highest BCUT2D eigenvalue weighted by Crippen LogP contribution is 2.31. The molecule has 1 saturated heterocycles. The van der Waals surface area contributed by atoms with Gasteiger partial charge >= 0.3 is 0 Å². The van der Waals surface area contributed by atoms with Crippen LogP contribution >= 0.6 is 0 Å². The van der Waals surface area contributed by atoms with Crippen molar-refractivity contribution in [3.63, 3.8) is 0 Å². The second kappa shape index (κ2) is 7.28. The predicted molar refractivity (Wildman–Crippen MR) is 90.5 cm³/mol. The van der Waals surface area contributed by atoms with Crippen LogP contribution in [-0.2, 0) is 0 Å². The molecule has 0 radical (unpaired) electrons. The van der Waals surface area contributed by atoms with Gasteiger partial charge in [-0.25, -0.2) is 0 Å². The van der Waals surface area contributed by atoms with Crippen molar-refractivity contribution in [2.45, 2.75) is 83.3 Å². The molecule has 1 heterocycles. The number of hydrogen-bond acceptors (Lipinski definition) is 2. The van der Waals surface area contributed by atoms with Gasteiger partial charge in [-0.2, -0.15) is 0 Å². The zero-order valence-electron chi connectivity index (χ0n) is 14.1. The Kier molecular flexibility index (Phi) is 5.39. The number of allylic oxidation sites excluding steroid dienone is 1. The van der Waals surface area contributed by atoms with Crippen molar-refractivity contribution in [3.05, 3.63) is 12.2 Å². The summed E-state index contributed by atoms with van der Waals surface area (Å²) in [6.07, 6.45) is 16.0. The van der Waals surface area contributed by atoms with Gasteiger partial charge in [-0.05, 0) is 43.9 Å². The number of piperazine rings is 1. The summed E-state index contributed by atoms with van der Waals surface area (Å²) in [5.41, 5.74) is 0. The van der Waals surface area contributed by atoms with Crippen molar-refractivity contribution in [1.29, 1.82) is 0 Å². The van der Waals surface area contributed by atoms with Crippen molar-refractivity contribution < 1.29 is 0 Å². The van der Waals surface area contributed by atoms with Crippen LogP contribution in [-0.4, -0.2) is 36.1 Å². The molecule has 0 amide bonds.